The van der Waals surface area contributed by atoms with Crippen LogP contribution in [-0.4, -0.2) is 17.2 Å². The molecule has 0 heterocycles. The van der Waals surface area contributed by atoms with Gasteiger partial charge in [-0.1, -0.05) is 37.6 Å². The van der Waals surface area contributed by atoms with Crippen LogP contribution in [0, 0.1) is 47.5 Å². The molecule has 162 valence electrons. The fourth-order valence-corrected chi connectivity index (χ4v) is 7.79. The van der Waals surface area contributed by atoms with Crippen molar-refractivity contribution in [3.63, 3.8) is 0 Å². The van der Waals surface area contributed by atoms with E-state index >= 15 is 0 Å². The maximum atomic E-state index is 14.3. The molecule has 0 aliphatic carbocycles. The van der Waals surface area contributed by atoms with Gasteiger partial charge < -0.3 is 4.57 Å². The van der Waals surface area contributed by atoms with E-state index in [0.717, 1.165) is 38.9 Å². The van der Waals surface area contributed by atoms with Crippen LogP contribution in [0.3, 0.4) is 0 Å². The van der Waals surface area contributed by atoms with Crippen molar-refractivity contribution in [1.29, 1.82) is 0 Å². The lowest BCUT2D eigenvalue weighted by Crippen LogP contribution is -2.20. The van der Waals surface area contributed by atoms with Crippen molar-refractivity contribution in [2.75, 3.05) is 6.16 Å². The molecule has 2 aromatic rings. The molecule has 0 fully saturated rings. The van der Waals surface area contributed by atoms with Gasteiger partial charge >= 0.3 is 0 Å². The molecule has 2 aromatic carbocycles. The number of carbonyl (C=O) groups excluding carboxylic acids is 2. The Labute approximate surface area is 185 Å². The molecule has 0 amide bonds. The fourth-order valence-electron chi connectivity index (χ4n) is 4.41. The monoisotopic (exact) mass is 446 g/mol. The highest BCUT2D eigenvalue weighted by Crippen LogP contribution is 2.55. The first-order chi connectivity index (χ1) is 13.8. The highest BCUT2D eigenvalue weighted by Gasteiger charge is 2.43. The van der Waals surface area contributed by atoms with E-state index in [9.17, 15) is 14.2 Å². The number of benzene rings is 2. The molecule has 3 nitrogen and oxygen atoms in total. The second-order valence-electron chi connectivity index (χ2n) is 8.82. The summed E-state index contributed by atoms with van der Waals surface area (Å²) in [6.07, 6.45) is 0.0559. The number of rotatable bonds is 7. The molecule has 1 atom stereocenters. The third-order valence-electron chi connectivity index (χ3n) is 5.65. The van der Waals surface area contributed by atoms with Crippen molar-refractivity contribution in [3.8, 4) is 0 Å². The van der Waals surface area contributed by atoms with Crippen molar-refractivity contribution in [2.45, 2.75) is 61.3 Å². The van der Waals surface area contributed by atoms with Gasteiger partial charge in [0.05, 0.1) is 0 Å². The van der Waals surface area contributed by atoms with Gasteiger partial charge in [-0.05, 0) is 80.8 Å². The number of hydrogen-bond acceptors (Lipinski definition) is 3. The van der Waals surface area contributed by atoms with Gasteiger partial charge in [0.2, 0.25) is 18.2 Å². The van der Waals surface area contributed by atoms with Crippen LogP contribution in [0.4, 0.5) is 0 Å². The van der Waals surface area contributed by atoms with E-state index in [1.54, 1.807) is 0 Å². The van der Waals surface area contributed by atoms with Crippen LogP contribution in [0.15, 0.2) is 18.2 Å². The van der Waals surface area contributed by atoms with Gasteiger partial charge in [0.15, 0.2) is 0 Å². The summed E-state index contributed by atoms with van der Waals surface area (Å²) in [6, 6.07) is 5.70. The predicted molar refractivity (Wildman–Crippen MR) is 127 cm³/mol. The maximum Gasteiger partial charge on any atom is 0.229 e. The number of halogens is 1. The molecular formula is C25H32ClO3P. The lowest BCUT2D eigenvalue weighted by atomic mass is 9.95. The first-order valence-electron chi connectivity index (χ1n) is 10.3. The molecule has 0 saturated heterocycles. The van der Waals surface area contributed by atoms with E-state index < -0.39 is 18.2 Å². The minimum absolute atomic E-state index is 0.0559. The van der Waals surface area contributed by atoms with Crippen LogP contribution in [0.1, 0.15) is 73.5 Å². The van der Waals surface area contributed by atoms with Crippen LogP contribution in [0.2, 0.25) is 0 Å². The lowest BCUT2D eigenvalue weighted by Gasteiger charge is -2.23. The SMILES string of the molecule is Cc1cc(C)c(C(=O)P(=O)(CC(C)C)C(=O)c2c(C)cc(C)c(CCl)c2C)c(C)c1. The summed E-state index contributed by atoms with van der Waals surface area (Å²) >= 11 is 6.13. The first kappa shape index (κ1) is 24.6. The molecule has 0 spiro atoms. The first-order valence-corrected chi connectivity index (χ1v) is 12.7. The number of hydrogen-bond donors (Lipinski definition) is 0. The zero-order valence-electron chi connectivity index (χ0n) is 19.3. The highest BCUT2D eigenvalue weighted by atomic mass is 35.5. The van der Waals surface area contributed by atoms with Gasteiger partial charge in [-0.2, -0.15) is 0 Å². The molecule has 0 radical (unpaired) electrons. The zero-order chi connectivity index (χ0) is 23.0. The minimum atomic E-state index is -3.89. The fraction of sp³-hybridized carbons (Fsp3) is 0.440. The van der Waals surface area contributed by atoms with E-state index in [1.165, 1.54) is 0 Å². The topological polar surface area (TPSA) is 51.2 Å². The summed E-state index contributed by atoms with van der Waals surface area (Å²) in [5.74, 6) is 0.199. The predicted octanol–water partition coefficient (Wildman–Crippen LogP) is 7.28. The van der Waals surface area contributed by atoms with E-state index in [1.807, 2.05) is 73.6 Å². The van der Waals surface area contributed by atoms with Gasteiger partial charge in [0.25, 0.3) is 0 Å². The normalized spacial score (nSPS) is 13.4. The lowest BCUT2D eigenvalue weighted by molar-refractivity contribution is 0.103. The Balaban J connectivity index is 2.76. The zero-order valence-corrected chi connectivity index (χ0v) is 20.9. The number of aryl methyl sites for hydroxylation is 5. The highest BCUT2D eigenvalue weighted by molar-refractivity contribution is 7.95. The van der Waals surface area contributed by atoms with Crippen molar-refractivity contribution in [3.05, 3.63) is 68.3 Å². The molecule has 0 bridgehead atoms. The summed E-state index contributed by atoms with van der Waals surface area (Å²) in [4.78, 5) is 27.5. The van der Waals surface area contributed by atoms with Gasteiger partial charge in [-0.25, -0.2) is 0 Å². The summed E-state index contributed by atoms with van der Waals surface area (Å²) in [6.45, 7) is 15.0. The molecule has 0 N–H and O–H groups in total. The molecule has 5 heteroatoms. The largest absolute Gasteiger partial charge is 0.307 e. The summed E-state index contributed by atoms with van der Waals surface area (Å²) in [5, 5.41) is 0. The maximum absolute atomic E-state index is 14.3. The van der Waals surface area contributed by atoms with Crippen LogP contribution in [-0.2, 0) is 10.4 Å². The Morgan fingerprint density at radius 1 is 0.833 bits per heavy atom. The molecule has 1 unspecified atom stereocenters. The van der Waals surface area contributed by atoms with E-state index in [0.29, 0.717) is 11.1 Å². The Bertz CT molecular complexity index is 1040. The molecule has 30 heavy (non-hydrogen) atoms. The third-order valence-corrected chi connectivity index (χ3v) is 8.92. The van der Waals surface area contributed by atoms with Crippen LogP contribution >= 0.6 is 18.7 Å². The van der Waals surface area contributed by atoms with Crippen LogP contribution in [0.25, 0.3) is 0 Å². The second kappa shape index (κ2) is 9.20. The summed E-state index contributed by atoms with van der Waals surface area (Å²) in [5.41, 5.74) is 5.59. The second-order valence-corrected chi connectivity index (χ2v) is 11.7. The minimum Gasteiger partial charge on any atom is -0.307 e. The Kier molecular flexibility index (Phi) is 7.54. The van der Waals surface area contributed by atoms with Gasteiger partial charge in [0, 0.05) is 23.2 Å². The van der Waals surface area contributed by atoms with Crippen molar-refractivity contribution < 1.29 is 14.2 Å². The summed E-state index contributed by atoms with van der Waals surface area (Å²) < 4.78 is 14.3. The molecule has 0 aliphatic rings. The van der Waals surface area contributed by atoms with Crippen molar-refractivity contribution in [2.24, 2.45) is 5.92 Å². The van der Waals surface area contributed by atoms with Crippen LogP contribution < -0.4 is 0 Å². The van der Waals surface area contributed by atoms with Crippen LogP contribution in [0.5, 0.6) is 0 Å². The smallest absolute Gasteiger partial charge is 0.229 e. The average molecular weight is 447 g/mol. The quantitative estimate of drug-likeness (QED) is 0.331. The number of carbonyl (C=O) groups is 2. The van der Waals surface area contributed by atoms with E-state index in [2.05, 4.69) is 0 Å². The number of alkyl halides is 1. The molecule has 0 saturated carbocycles. The molecule has 0 aliphatic heterocycles. The van der Waals surface area contributed by atoms with E-state index in [4.69, 9.17) is 11.6 Å². The van der Waals surface area contributed by atoms with E-state index in [-0.39, 0.29) is 18.0 Å². The molecule has 0 aromatic heterocycles. The average Bonchev–Trinajstić information content (AvgIpc) is 2.59. The van der Waals surface area contributed by atoms with Crippen molar-refractivity contribution >= 4 is 29.8 Å². The molecule has 2 rings (SSSR count). The Morgan fingerprint density at radius 3 is 1.77 bits per heavy atom. The van der Waals surface area contributed by atoms with Gasteiger partial charge in [0.1, 0.15) is 0 Å². The Hall–Kier alpha value is -1.70. The third kappa shape index (κ3) is 4.48. The van der Waals surface area contributed by atoms with Crippen molar-refractivity contribution in [1.82, 2.24) is 0 Å². The van der Waals surface area contributed by atoms with Gasteiger partial charge in [-0.15, -0.1) is 11.6 Å². The summed E-state index contributed by atoms with van der Waals surface area (Å²) in [7, 11) is -3.89. The molecular weight excluding hydrogens is 415 g/mol. The standard InChI is InChI=1S/C25H32ClO3P/c1-14(2)13-30(29,24(27)22-17(5)9-15(3)10-18(22)6)25(28)23-19(7)11-16(4)21(12-26)20(23)8/h9-11,14H,12-13H2,1-8H3. The Morgan fingerprint density at radius 2 is 1.30 bits per heavy atom. The van der Waals surface area contributed by atoms with Gasteiger partial charge in [-0.3, -0.25) is 9.59 Å².